The summed E-state index contributed by atoms with van der Waals surface area (Å²) in [5, 5.41) is 19.1. The molecule has 2 unspecified atom stereocenters. The van der Waals surface area contributed by atoms with Crippen LogP contribution in [0.2, 0.25) is 0 Å². The van der Waals surface area contributed by atoms with E-state index in [0.717, 1.165) is 37.1 Å². The van der Waals surface area contributed by atoms with Gasteiger partial charge in [-0.05, 0) is 31.0 Å². The molecule has 1 saturated heterocycles. The highest BCUT2D eigenvalue weighted by Crippen LogP contribution is 2.33. The molecule has 2 atom stereocenters. The highest BCUT2D eigenvalue weighted by Gasteiger charge is 2.26. The molecule has 4 heterocycles. The van der Waals surface area contributed by atoms with Crippen molar-refractivity contribution >= 4 is 28.2 Å². The lowest BCUT2D eigenvalue weighted by Crippen LogP contribution is -2.26. The maximum atomic E-state index is 9.52. The maximum absolute atomic E-state index is 9.52. The van der Waals surface area contributed by atoms with Crippen LogP contribution in [0, 0.1) is 11.3 Å². The smallest absolute Gasteiger partial charge is 0.187 e. The summed E-state index contributed by atoms with van der Waals surface area (Å²) >= 11 is 6.46. The summed E-state index contributed by atoms with van der Waals surface area (Å²) in [5.41, 5.74) is 10.0. The van der Waals surface area contributed by atoms with Crippen LogP contribution in [0.3, 0.4) is 0 Å². The molecule has 7 nitrogen and oxygen atoms in total. The molecule has 156 valence electrons. The Hall–Kier alpha value is -3.05. The molecule has 3 aromatic heterocycles. The van der Waals surface area contributed by atoms with Crippen LogP contribution < -0.4 is 5.73 Å². The first-order valence-electron chi connectivity index (χ1n) is 10.3. The lowest BCUT2D eigenvalue weighted by molar-refractivity contribution is 0.326. The minimum absolute atomic E-state index is 0.256. The molecule has 0 radical (unpaired) electrons. The summed E-state index contributed by atoms with van der Waals surface area (Å²) in [6, 6.07) is 16.1. The first-order chi connectivity index (χ1) is 14.9. The summed E-state index contributed by atoms with van der Waals surface area (Å²) in [6.07, 6.45) is 3.10. The molecule has 8 heteroatoms. The number of aromatic nitrogens is 4. The first-order valence-corrected chi connectivity index (χ1v) is 10.6. The van der Waals surface area contributed by atoms with Gasteiger partial charge in [0.05, 0.1) is 11.6 Å². The molecular weight excluding hydrogens is 410 g/mol. The summed E-state index contributed by atoms with van der Waals surface area (Å²) in [7, 11) is 0. The Labute approximate surface area is 185 Å². The van der Waals surface area contributed by atoms with Gasteiger partial charge in [0, 0.05) is 42.8 Å². The number of benzene rings is 1. The van der Waals surface area contributed by atoms with Crippen LogP contribution in [0.25, 0.3) is 28.1 Å². The van der Waals surface area contributed by atoms with Crippen molar-refractivity contribution in [3.05, 3.63) is 59.8 Å². The third-order valence-electron chi connectivity index (χ3n) is 5.84. The average Bonchev–Trinajstić information content (AvgIpc) is 3.38. The molecule has 31 heavy (non-hydrogen) atoms. The molecule has 5 rings (SSSR count). The number of hydrogen-bond donors (Lipinski definition) is 1. The largest absolute Gasteiger partial charge is 0.326 e. The molecule has 0 bridgehead atoms. The highest BCUT2D eigenvalue weighted by molar-refractivity contribution is 6.26. The van der Waals surface area contributed by atoms with Gasteiger partial charge < -0.3 is 5.73 Å². The minimum Gasteiger partial charge on any atom is -0.326 e. The van der Waals surface area contributed by atoms with Gasteiger partial charge in [0.25, 0.3) is 0 Å². The number of nitrogens with two attached hydrogens (primary N) is 1. The second-order valence-electron chi connectivity index (χ2n) is 8.26. The normalized spacial score (nSPS) is 19.0. The average molecular weight is 432 g/mol. The quantitative estimate of drug-likeness (QED) is 0.497. The lowest BCUT2D eigenvalue weighted by Gasteiger charge is -2.16. The van der Waals surface area contributed by atoms with Gasteiger partial charge >= 0.3 is 0 Å². The second-order valence-corrected chi connectivity index (χ2v) is 9.02. The maximum Gasteiger partial charge on any atom is 0.187 e. The third kappa shape index (κ3) is 3.63. The predicted octanol–water partition coefficient (Wildman–Crippen LogP) is 3.46. The van der Waals surface area contributed by atoms with E-state index in [4.69, 9.17) is 22.3 Å². The van der Waals surface area contributed by atoms with Crippen molar-refractivity contribution in [3.63, 3.8) is 0 Å². The predicted molar refractivity (Wildman–Crippen MR) is 120 cm³/mol. The van der Waals surface area contributed by atoms with Gasteiger partial charge in [-0.3, -0.25) is 9.30 Å². The Morgan fingerprint density at radius 1 is 1.23 bits per heavy atom. The Kier molecular flexibility index (Phi) is 4.86. The van der Waals surface area contributed by atoms with Gasteiger partial charge in [-0.1, -0.05) is 41.9 Å². The van der Waals surface area contributed by atoms with Gasteiger partial charge in [0.2, 0.25) is 0 Å². The van der Waals surface area contributed by atoms with Crippen molar-refractivity contribution in [2.24, 2.45) is 5.73 Å². The fourth-order valence-electron chi connectivity index (χ4n) is 4.18. The molecular formula is C23H22ClN7. The first kappa shape index (κ1) is 19.9. The molecule has 2 N–H and O–H groups in total. The number of hydrogen-bond acceptors (Lipinski definition) is 6. The number of halogens is 1. The number of likely N-dealkylation sites (tertiary alicyclic amines) is 1. The fraction of sp³-hybridized carbons (Fsp3) is 0.304. The van der Waals surface area contributed by atoms with E-state index in [-0.39, 0.29) is 6.04 Å². The number of rotatable bonds is 4. The van der Waals surface area contributed by atoms with E-state index >= 15 is 0 Å². The van der Waals surface area contributed by atoms with Gasteiger partial charge in [0.15, 0.2) is 16.3 Å². The van der Waals surface area contributed by atoms with E-state index in [1.54, 1.807) is 6.92 Å². The number of alkyl halides is 1. The van der Waals surface area contributed by atoms with E-state index in [0.29, 0.717) is 22.6 Å². The summed E-state index contributed by atoms with van der Waals surface area (Å²) in [6.45, 7) is 4.45. The Bertz CT molecular complexity index is 1320. The molecule has 0 aliphatic carbocycles. The molecule has 0 spiro atoms. The van der Waals surface area contributed by atoms with Gasteiger partial charge in [-0.15, -0.1) is 10.2 Å². The zero-order valence-corrected chi connectivity index (χ0v) is 17.9. The van der Waals surface area contributed by atoms with Crippen molar-refractivity contribution in [2.45, 2.75) is 30.8 Å². The van der Waals surface area contributed by atoms with Crippen molar-refractivity contribution in [1.82, 2.24) is 24.5 Å². The third-order valence-corrected chi connectivity index (χ3v) is 6.13. The fourth-order valence-corrected chi connectivity index (χ4v) is 4.33. The van der Waals surface area contributed by atoms with Gasteiger partial charge in [-0.25, -0.2) is 4.98 Å². The zero-order valence-electron chi connectivity index (χ0n) is 17.2. The molecule has 0 saturated carbocycles. The molecule has 1 aromatic carbocycles. The van der Waals surface area contributed by atoms with Crippen molar-refractivity contribution in [1.29, 1.82) is 5.26 Å². The Morgan fingerprint density at radius 3 is 2.87 bits per heavy atom. The van der Waals surface area contributed by atoms with Crippen LogP contribution in [0.4, 0.5) is 0 Å². The minimum atomic E-state index is -1.16. The lowest BCUT2D eigenvalue weighted by atomic mass is 9.98. The van der Waals surface area contributed by atoms with Crippen LogP contribution in [0.15, 0.2) is 48.7 Å². The SMILES string of the molecule is CC(Cl)(C#N)c1cccc2ccc(-c3nnc4ccc(CN5CCC(N)C5)cn34)nc12. The number of fused-ring (bicyclic) bond motifs is 2. The number of nitriles is 1. The summed E-state index contributed by atoms with van der Waals surface area (Å²) < 4.78 is 1.96. The monoisotopic (exact) mass is 431 g/mol. The van der Waals surface area contributed by atoms with Gasteiger partial charge in [-0.2, -0.15) is 5.26 Å². The second kappa shape index (κ2) is 7.57. The topological polar surface area (TPSA) is 96.1 Å². The highest BCUT2D eigenvalue weighted by atomic mass is 35.5. The standard InChI is InChI=1S/C23H22ClN7/c1-23(24,14-25)18-4-2-3-16-6-7-19(27-21(16)18)22-29-28-20-8-5-15(12-31(20)22)11-30-10-9-17(26)13-30/h2-8,12,17H,9-11,13,26H2,1H3. The number of nitrogens with zero attached hydrogens (tertiary/aromatic N) is 6. The van der Waals surface area contributed by atoms with Crippen LogP contribution in [0.5, 0.6) is 0 Å². The van der Waals surface area contributed by atoms with E-state index in [1.165, 1.54) is 5.56 Å². The Balaban J connectivity index is 1.58. The van der Waals surface area contributed by atoms with Crippen LogP contribution >= 0.6 is 11.6 Å². The van der Waals surface area contributed by atoms with Crippen LogP contribution in [0.1, 0.15) is 24.5 Å². The van der Waals surface area contributed by atoms with Crippen molar-refractivity contribution in [3.8, 4) is 17.6 Å². The zero-order chi connectivity index (χ0) is 21.6. The number of pyridine rings is 2. The van der Waals surface area contributed by atoms with Crippen molar-refractivity contribution < 1.29 is 0 Å². The molecule has 0 amide bonds. The Morgan fingerprint density at radius 2 is 2.10 bits per heavy atom. The summed E-state index contributed by atoms with van der Waals surface area (Å²) in [5.74, 6) is 0.653. The van der Waals surface area contributed by atoms with E-state index in [1.807, 2.05) is 40.8 Å². The number of para-hydroxylation sites is 1. The molecule has 1 aliphatic heterocycles. The van der Waals surface area contributed by atoms with E-state index < -0.39 is 4.87 Å². The van der Waals surface area contributed by atoms with Crippen LogP contribution in [-0.4, -0.2) is 43.6 Å². The molecule has 1 aliphatic rings. The van der Waals surface area contributed by atoms with E-state index in [9.17, 15) is 5.26 Å². The van der Waals surface area contributed by atoms with Crippen molar-refractivity contribution in [2.75, 3.05) is 13.1 Å². The molecule has 1 fully saturated rings. The molecule has 4 aromatic rings. The van der Waals surface area contributed by atoms with Gasteiger partial charge in [0.1, 0.15) is 5.69 Å². The van der Waals surface area contributed by atoms with E-state index in [2.05, 4.69) is 33.4 Å². The summed E-state index contributed by atoms with van der Waals surface area (Å²) in [4.78, 5) is 6.03. The van der Waals surface area contributed by atoms with Crippen LogP contribution in [-0.2, 0) is 11.4 Å².